The third kappa shape index (κ3) is 2.59. The molecule has 0 saturated heterocycles. The van der Waals surface area contributed by atoms with Gasteiger partial charge in [-0.15, -0.1) is 0 Å². The maximum Gasteiger partial charge on any atom is 0.143 e. The van der Waals surface area contributed by atoms with E-state index in [1.807, 2.05) is 24.3 Å². The van der Waals surface area contributed by atoms with Crippen LogP contribution in [0.3, 0.4) is 0 Å². The highest BCUT2D eigenvalue weighted by Crippen LogP contribution is 2.30. The van der Waals surface area contributed by atoms with Crippen LogP contribution < -0.4 is 5.73 Å². The van der Waals surface area contributed by atoms with Crippen LogP contribution in [0.2, 0.25) is 0 Å². The van der Waals surface area contributed by atoms with E-state index in [0.717, 1.165) is 10.9 Å². The van der Waals surface area contributed by atoms with E-state index in [2.05, 4.69) is 15.9 Å². The Morgan fingerprint density at radius 2 is 1.90 bits per heavy atom. The van der Waals surface area contributed by atoms with Crippen molar-refractivity contribution in [3.8, 4) is 0 Å². The third-order valence-electron chi connectivity index (χ3n) is 3.47. The number of para-hydroxylation sites is 1. The standard InChI is InChI=1S/C16H12BrF2NO/c17-12-5-6-13(18)10(16(12)19)7-14(20)11-8-21-15-4-2-1-3-9(11)15/h1-6,8,14H,7,20H2. The van der Waals surface area contributed by atoms with E-state index < -0.39 is 17.7 Å². The van der Waals surface area contributed by atoms with Crippen LogP contribution in [0.25, 0.3) is 11.0 Å². The van der Waals surface area contributed by atoms with Gasteiger partial charge in [0.2, 0.25) is 0 Å². The van der Waals surface area contributed by atoms with Crippen molar-refractivity contribution < 1.29 is 13.2 Å². The summed E-state index contributed by atoms with van der Waals surface area (Å²) in [4.78, 5) is 0. The molecule has 0 aliphatic rings. The molecule has 0 radical (unpaired) electrons. The largest absolute Gasteiger partial charge is 0.464 e. The summed E-state index contributed by atoms with van der Waals surface area (Å²) in [5.41, 5.74) is 7.54. The summed E-state index contributed by atoms with van der Waals surface area (Å²) < 4.78 is 33.5. The number of furan rings is 1. The average Bonchev–Trinajstić information content (AvgIpc) is 2.91. The molecule has 108 valence electrons. The van der Waals surface area contributed by atoms with Crippen molar-refractivity contribution in [3.63, 3.8) is 0 Å². The summed E-state index contributed by atoms with van der Waals surface area (Å²) in [6, 6.07) is 9.44. The van der Waals surface area contributed by atoms with Crippen LogP contribution in [0, 0.1) is 11.6 Å². The van der Waals surface area contributed by atoms with E-state index in [-0.39, 0.29) is 16.5 Å². The first-order valence-corrected chi connectivity index (χ1v) is 7.21. The molecule has 1 unspecified atom stereocenters. The van der Waals surface area contributed by atoms with Crippen molar-refractivity contribution in [2.75, 3.05) is 0 Å². The molecule has 2 N–H and O–H groups in total. The van der Waals surface area contributed by atoms with Gasteiger partial charge in [-0.25, -0.2) is 8.78 Å². The molecule has 0 aliphatic heterocycles. The zero-order valence-electron chi connectivity index (χ0n) is 10.9. The highest BCUT2D eigenvalue weighted by atomic mass is 79.9. The van der Waals surface area contributed by atoms with Gasteiger partial charge < -0.3 is 10.2 Å². The van der Waals surface area contributed by atoms with Crippen LogP contribution >= 0.6 is 15.9 Å². The normalized spacial score (nSPS) is 12.8. The number of fused-ring (bicyclic) bond motifs is 1. The minimum absolute atomic E-state index is 0.0258. The lowest BCUT2D eigenvalue weighted by Gasteiger charge is -2.12. The van der Waals surface area contributed by atoms with Crippen LogP contribution in [0.4, 0.5) is 8.78 Å². The van der Waals surface area contributed by atoms with Crippen LogP contribution in [0.1, 0.15) is 17.2 Å². The Morgan fingerprint density at radius 1 is 1.14 bits per heavy atom. The first-order chi connectivity index (χ1) is 10.1. The second-order valence-corrected chi connectivity index (χ2v) is 5.67. The van der Waals surface area contributed by atoms with Crippen LogP contribution in [-0.4, -0.2) is 0 Å². The Kier molecular flexibility index (Phi) is 3.78. The lowest BCUT2D eigenvalue weighted by atomic mass is 9.98. The molecule has 21 heavy (non-hydrogen) atoms. The van der Waals surface area contributed by atoms with E-state index in [1.165, 1.54) is 12.1 Å². The van der Waals surface area contributed by atoms with Gasteiger partial charge in [0, 0.05) is 22.6 Å². The predicted molar refractivity (Wildman–Crippen MR) is 80.9 cm³/mol. The molecule has 5 heteroatoms. The molecule has 0 aliphatic carbocycles. The molecular formula is C16H12BrF2NO. The van der Waals surface area contributed by atoms with E-state index in [0.29, 0.717) is 5.58 Å². The highest BCUT2D eigenvalue weighted by Gasteiger charge is 2.19. The fraction of sp³-hybridized carbons (Fsp3) is 0.125. The van der Waals surface area contributed by atoms with Gasteiger partial charge in [-0.05, 0) is 40.5 Å². The van der Waals surface area contributed by atoms with Crippen molar-refractivity contribution >= 4 is 26.9 Å². The molecule has 1 heterocycles. The van der Waals surface area contributed by atoms with Gasteiger partial charge in [-0.3, -0.25) is 0 Å². The second kappa shape index (κ2) is 5.58. The van der Waals surface area contributed by atoms with Crippen molar-refractivity contribution in [2.24, 2.45) is 5.73 Å². The zero-order chi connectivity index (χ0) is 15.0. The average molecular weight is 352 g/mol. The van der Waals surface area contributed by atoms with Crippen LogP contribution in [0.5, 0.6) is 0 Å². The van der Waals surface area contributed by atoms with Crippen molar-refractivity contribution in [1.29, 1.82) is 0 Å². The first kappa shape index (κ1) is 14.2. The Balaban J connectivity index is 1.97. The second-order valence-electron chi connectivity index (χ2n) is 4.82. The number of hydrogen-bond acceptors (Lipinski definition) is 2. The van der Waals surface area contributed by atoms with E-state index >= 15 is 0 Å². The maximum atomic E-state index is 14.0. The molecule has 2 aromatic carbocycles. The summed E-state index contributed by atoms with van der Waals surface area (Å²) in [5.74, 6) is -1.21. The highest BCUT2D eigenvalue weighted by molar-refractivity contribution is 9.10. The fourth-order valence-electron chi connectivity index (χ4n) is 2.37. The minimum Gasteiger partial charge on any atom is -0.464 e. The molecule has 2 nitrogen and oxygen atoms in total. The zero-order valence-corrected chi connectivity index (χ0v) is 12.5. The number of hydrogen-bond donors (Lipinski definition) is 1. The molecule has 0 fully saturated rings. The van der Waals surface area contributed by atoms with Gasteiger partial charge in [0.25, 0.3) is 0 Å². The van der Waals surface area contributed by atoms with E-state index in [4.69, 9.17) is 10.2 Å². The monoisotopic (exact) mass is 351 g/mol. The number of benzene rings is 2. The molecule has 0 spiro atoms. The Labute approximate surface area is 128 Å². The Bertz CT molecular complexity index is 800. The molecular weight excluding hydrogens is 340 g/mol. The molecule has 1 aromatic heterocycles. The topological polar surface area (TPSA) is 39.2 Å². The van der Waals surface area contributed by atoms with Gasteiger partial charge in [-0.2, -0.15) is 0 Å². The van der Waals surface area contributed by atoms with Crippen molar-refractivity contribution in [2.45, 2.75) is 12.5 Å². The Morgan fingerprint density at radius 3 is 2.71 bits per heavy atom. The minimum atomic E-state index is -0.613. The molecule has 0 bridgehead atoms. The van der Waals surface area contributed by atoms with Gasteiger partial charge in [0.1, 0.15) is 17.2 Å². The van der Waals surface area contributed by atoms with Crippen molar-refractivity contribution in [1.82, 2.24) is 0 Å². The molecule has 3 rings (SSSR count). The quantitative estimate of drug-likeness (QED) is 0.693. The van der Waals surface area contributed by atoms with Gasteiger partial charge in [0.05, 0.1) is 10.7 Å². The Hall–Kier alpha value is -1.72. The summed E-state index contributed by atoms with van der Waals surface area (Å²) in [7, 11) is 0. The van der Waals surface area contributed by atoms with Crippen LogP contribution in [0.15, 0.2) is 51.6 Å². The maximum absolute atomic E-state index is 14.0. The number of halogens is 3. The fourth-order valence-corrected chi connectivity index (χ4v) is 2.74. The number of nitrogens with two attached hydrogens (primary N) is 1. The molecule has 1 atom stereocenters. The smallest absolute Gasteiger partial charge is 0.143 e. The summed E-state index contributed by atoms with van der Waals surface area (Å²) in [5, 5.41) is 0.862. The van der Waals surface area contributed by atoms with E-state index in [9.17, 15) is 8.78 Å². The number of rotatable bonds is 3. The van der Waals surface area contributed by atoms with Gasteiger partial charge >= 0.3 is 0 Å². The SMILES string of the molecule is NC(Cc1c(F)ccc(Br)c1F)c1coc2ccccc12. The third-order valence-corrected chi connectivity index (χ3v) is 4.09. The summed E-state index contributed by atoms with van der Waals surface area (Å²) >= 11 is 3.06. The summed E-state index contributed by atoms with van der Waals surface area (Å²) in [6.45, 7) is 0. The van der Waals surface area contributed by atoms with Crippen molar-refractivity contribution in [3.05, 3.63) is 69.9 Å². The van der Waals surface area contributed by atoms with Crippen LogP contribution in [-0.2, 0) is 6.42 Å². The molecule has 0 saturated carbocycles. The lowest BCUT2D eigenvalue weighted by molar-refractivity contribution is 0.533. The van der Waals surface area contributed by atoms with E-state index in [1.54, 1.807) is 6.26 Å². The molecule has 3 aromatic rings. The summed E-state index contributed by atoms with van der Waals surface area (Å²) in [6.07, 6.45) is 1.60. The van der Waals surface area contributed by atoms with Gasteiger partial charge in [-0.1, -0.05) is 18.2 Å². The van der Waals surface area contributed by atoms with Gasteiger partial charge in [0.15, 0.2) is 0 Å². The lowest BCUT2D eigenvalue weighted by Crippen LogP contribution is -2.15. The predicted octanol–water partition coefficient (Wildman–Crippen LogP) is 4.72. The first-order valence-electron chi connectivity index (χ1n) is 6.42. The molecule has 0 amide bonds.